The van der Waals surface area contributed by atoms with Crippen LogP contribution < -0.4 is 5.32 Å². The molecule has 1 fully saturated rings. The lowest BCUT2D eigenvalue weighted by Crippen LogP contribution is -2.33. The third kappa shape index (κ3) is 3.75. The van der Waals surface area contributed by atoms with Crippen LogP contribution in [0.4, 0.5) is 5.13 Å². The average molecular weight is 407 g/mol. The molecule has 0 aliphatic heterocycles. The molecule has 0 radical (unpaired) electrons. The van der Waals surface area contributed by atoms with Gasteiger partial charge in [-0.1, -0.05) is 35.0 Å². The molecule has 3 rings (SSSR count). The number of amides is 1. The van der Waals surface area contributed by atoms with E-state index in [0.717, 1.165) is 20.6 Å². The van der Waals surface area contributed by atoms with Gasteiger partial charge in [0, 0.05) is 33.7 Å². The summed E-state index contributed by atoms with van der Waals surface area (Å²) in [5.74, 6) is 0.224. The number of Topliss-reactive ketones (excluding diaryl/α,β-unsaturated/α-hetero) is 1. The van der Waals surface area contributed by atoms with Crippen molar-refractivity contribution in [2.45, 2.75) is 33.1 Å². The molecule has 1 amide bonds. The Labute approximate surface area is 153 Å². The fourth-order valence-electron chi connectivity index (χ4n) is 3.12. The van der Waals surface area contributed by atoms with E-state index in [0.29, 0.717) is 24.4 Å². The van der Waals surface area contributed by atoms with E-state index in [4.69, 9.17) is 0 Å². The second kappa shape index (κ2) is 7.15. The van der Waals surface area contributed by atoms with E-state index in [1.54, 1.807) is 0 Å². The Kier molecular flexibility index (Phi) is 5.15. The third-order valence-corrected chi connectivity index (χ3v) is 5.87. The van der Waals surface area contributed by atoms with Crippen molar-refractivity contribution < 1.29 is 9.59 Å². The van der Waals surface area contributed by atoms with E-state index in [-0.39, 0.29) is 23.5 Å². The van der Waals surface area contributed by atoms with Crippen LogP contribution in [0.1, 0.15) is 31.1 Å². The van der Waals surface area contributed by atoms with Crippen LogP contribution in [0, 0.1) is 18.8 Å². The van der Waals surface area contributed by atoms with Crippen molar-refractivity contribution in [1.29, 1.82) is 0 Å². The van der Waals surface area contributed by atoms with Crippen LogP contribution in [0.15, 0.2) is 28.7 Å². The number of rotatable bonds is 3. The maximum Gasteiger partial charge on any atom is 0.229 e. The van der Waals surface area contributed by atoms with Gasteiger partial charge < -0.3 is 5.32 Å². The van der Waals surface area contributed by atoms with Crippen LogP contribution in [-0.2, 0) is 9.59 Å². The molecule has 0 unspecified atom stereocenters. The molecule has 2 aromatic rings. The predicted octanol–water partition coefficient (Wildman–Crippen LogP) is 4.82. The summed E-state index contributed by atoms with van der Waals surface area (Å²) in [4.78, 5) is 29.7. The maximum atomic E-state index is 12.5. The first-order valence-corrected chi connectivity index (χ1v) is 9.61. The molecular weight excluding hydrogens is 388 g/mol. The summed E-state index contributed by atoms with van der Waals surface area (Å²) in [6.07, 6.45) is 1.64. The lowest BCUT2D eigenvalue weighted by atomic mass is 9.79. The zero-order valence-electron chi connectivity index (χ0n) is 13.6. The summed E-state index contributed by atoms with van der Waals surface area (Å²) in [6, 6.07) is 7.97. The normalized spacial score (nSPS) is 20.9. The van der Waals surface area contributed by atoms with E-state index in [1.165, 1.54) is 11.3 Å². The van der Waals surface area contributed by atoms with Gasteiger partial charge in [0.25, 0.3) is 0 Å². The molecule has 126 valence electrons. The van der Waals surface area contributed by atoms with Crippen molar-refractivity contribution in [3.63, 3.8) is 0 Å². The standard InChI is InChI=1S/C18H19BrN2O2S/c1-10-9-14(22)7-8-15(10)17(23)21-18-20-16(11(2)24-18)12-3-5-13(19)6-4-12/h3-6,10,15H,7-9H2,1-2H3,(H,20,21,23)/t10-,15-/m1/s1. The lowest BCUT2D eigenvalue weighted by Gasteiger charge is -2.26. The number of anilines is 1. The van der Waals surface area contributed by atoms with E-state index in [1.807, 2.05) is 38.1 Å². The lowest BCUT2D eigenvalue weighted by molar-refractivity contribution is -0.127. The zero-order valence-corrected chi connectivity index (χ0v) is 16.0. The van der Waals surface area contributed by atoms with Crippen molar-refractivity contribution in [2.75, 3.05) is 5.32 Å². The van der Waals surface area contributed by atoms with Crippen molar-refractivity contribution >= 4 is 44.1 Å². The largest absolute Gasteiger partial charge is 0.302 e. The average Bonchev–Trinajstić information content (AvgIpc) is 2.88. The molecule has 1 heterocycles. The Morgan fingerprint density at radius 1 is 1.33 bits per heavy atom. The molecule has 1 N–H and O–H groups in total. The minimum absolute atomic E-state index is 0.0221. The van der Waals surface area contributed by atoms with Crippen LogP contribution in [0.25, 0.3) is 11.3 Å². The number of thiazole rings is 1. The number of nitrogens with zero attached hydrogens (tertiary/aromatic N) is 1. The van der Waals surface area contributed by atoms with Gasteiger partial charge in [-0.2, -0.15) is 0 Å². The van der Waals surface area contributed by atoms with Crippen LogP contribution in [0.2, 0.25) is 0 Å². The number of hydrogen-bond donors (Lipinski definition) is 1. The molecule has 6 heteroatoms. The minimum atomic E-state index is -0.108. The number of nitrogens with one attached hydrogen (secondary N) is 1. The van der Waals surface area contributed by atoms with Gasteiger partial charge in [0.15, 0.2) is 5.13 Å². The topological polar surface area (TPSA) is 59.1 Å². The second-order valence-corrected chi connectivity index (χ2v) is 8.40. The number of carbonyl (C=O) groups is 2. The molecule has 1 aliphatic carbocycles. The predicted molar refractivity (Wildman–Crippen MR) is 100 cm³/mol. The molecule has 1 aliphatic rings. The second-order valence-electron chi connectivity index (χ2n) is 6.29. The van der Waals surface area contributed by atoms with Crippen LogP contribution in [-0.4, -0.2) is 16.7 Å². The van der Waals surface area contributed by atoms with Gasteiger partial charge in [0.2, 0.25) is 5.91 Å². The van der Waals surface area contributed by atoms with Crippen molar-refractivity contribution in [3.8, 4) is 11.3 Å². The highest BCUT2D eigenvalue weighted by atomic mass is 79.9. The van der Waals surface area contributed by atoms with Crippen LogP contribution >= 0.6 is 27.3 Å². The van der Waals surface area contributed by atoms with Gasteiger partial charge in [-0.15, -0.1) is 11.3 Å². The molecule has 1 aromatic heterocycles. The Hall–Kier alpha value is -1.53. The number of halogens is 1. The summed E-state index contributed by atoms with van der Waals surface area (Å²) in [7, 11) is 0. The molecule has 2 atom stereocenters. The Balaban J connectivity index is 1.74. The first-order valence-electron chi connectivity index (χ1n) is 8.00. The maximum absolute atomic E-state index is 12.5. The fourth-order valence-corrected chi connectivity index (χ4v) is 4.22. The summed E-state index contributed by atoms with van der Waals surface area (Å²) < 4.78 is 1.02. The number of aryl methyl sites for hydroxylation is 1. The Bertz CT molecular complexity index is 770. The molecule has 0 spiro atoms. The number of benzene rings is 1. The molecule has 1 saturated carbocycles. The first-order chi connectivity index (χ1) is 11.4. The zero-order chi connectivity index (χ0) is 17.3. The van der Waals surface area contributed by atoms with E-state index in [2.05, 4.69) is 26.2 Å². The number of aromatic nitrogens is 1. The third-order valence-electron chi connectivity index (χ3n) is 4.45. The summed E-state index contributed by atoms with van der Waals surface area (Å²) >= 11 is 4.92. The SMILES string of the molecule is Cc1sc(NC(=O)[C@@H]2CCC(=O)C[C@H]2C)nc1-c1ccc(Br)cc1. The molecule has 0 saturated heterocycles. The van der Waals surface area contributed by atoms with Gasteiger partial charge >= 0.3 is 0 Å². The summed E-state index contributed by atoms with van der Waals surface area (Å²) in [6.45, 7) is 3.98. The number of ketones is 1. The van der Waals surface area contributed by atoms with Gasteiger partial charge in [0.1, 0.15) is 5.78 Å². The fraction of sp³-hybridized carbons (Fsp3) is 0.389. The smallest absolute Gasteiger partial charge is 0.229 e. The monoisotopic (exact) mass is 406 g/mol. The van der Waals surface area contributed by atoms with E-state index in [9.17, 15) is 9.59 Å². The highest BCUT2D eigenvalue weighted by molar-refractivity contribution is 9.10. The Morgan fingerprint density at radius 2 is 2.04 bits per heavy atom. The van der Waals surface area contributed by atoms with Crippen molar-refractivity contribution in [1.82, 2.24) is 4.98 Å². The molecule has 24 heavy (non-hydrogen) atoms. The molecular formula is C18H19BrN2O2S. The molecule has 0 bridgehead atoms. The molecule has 1 aromatic carbocycles. The van der Waals surface area contributed by atoms with Crippen LogP contribution in [0.5, 0.6) is 0 Å². The number of carbonyl (C=O) groups excluding carboxylic acids is 2. The highest BCUT2D eigenvalue weighted by Gasteiger charge is 2.31. The van der Waals surface area contributed by atoms with Crippen LogP contribution in [0.3, 0.4) is 0 Å². The quantitative estimate of drug-likeness (QED) is 0.793. The van der Waals surface area contributed by atoms with E-state index < -0.39 is 0 Å². The number of hydrogen-bond acceptors (Lipinski definition) is 4. The van der Waals surface area contributed by atoms with Crippen molar-refractivity contribution in [2.24, 2.45) is 11.8 Å². The van der Waals surface area contributed by atoms with Gasteiger partial charge in [-0.3, -0.25) is 9.59 Å². The van der Waals surface area contributed by atoms with Gasteiger partial charge in [0.05, 0.1) is 5.69 Å². The van der Waals surface area contributed by atoms with Gasteiger partial charge in [-0.05, 0) is 31.4 Å². The summed E-state index contributed by atoms with van der Waals surface area (Å²) in [5, 5.41) is 3.57. The highest BCUT2D eigenvalue weighted by Crippen LogP contribution is 2.33. The van der Waals surface area contributed by atoms with Crippen molar-refractivity contribution in [3.05, 3.63) is 33.6 Å². The molecule has 4 nitrogen and oxygen atoms in total. The minimum Gasteiger partial charge on any atom is -0.302 e. The van der Waals surface area contributed by atoms with Gasteiger partial charge in [-0.25, -0.2) is 4.98 Å². The first kappa shape index (κ1) is 17.3. The van der Waals surface area contributed by atoms with E-state index >= 15 is 0 Å². The summed E-state index contributed by atoms with van der Waals surface area (Å²) in [5.41, 5.74) is 1.93. The Morgan fingerprint density at radius 3 is 2.71 bits per heavy atom.